The topological polar surface area (TPSA) is 15.3 Å². The summed E-state index contributed by atoms with van der Waals surface area (Å²) in [5, 5.41) is 2.20. The molecule has 86 valence electrons. The normalized spacial score (nSPS) is 20.4. The van der Waals surface area contributed by atoms with E-state index in [-0.39, 0.29) is 0 Å². The van der Waals surface area contributed by atoms with Gasteiger partial charge in [-0.3, -0.25) is 0 Å². The number of rotatable bonds is 0. The van der Waals surface area contributed by atoms with E-state index in [1.54, 1.807) is 11.1 Å². The number of thiophene rings is 1. The van der Waals surface area contributed by atoms with Gasteiger partial charge in [-0.1, -0.05) is 0 Å². The van der Waals surface area contributed by atoms with Crippen molar-refractivity contribution in [2.45, 2.75) is 33.1 Å². The summed E-state index contributed by atoms with van der Waals surface area (Å²) in [7, 11) is 2.13. The van der Waals surface area contributed by atoms with Crippen LogP contribution in [0.4, 0.5) is 0 Å². The predicted octanol–water partition coefficient (Wildman–Crippen LogP) is 2.86. The third kappa shape index (κ3) is 1.42. The number of nitrogens with one attached hydrogen (secondary N) is 1. The molecular formula is C13H18N2S. The molecule has 0 aromatic carbocycles. The van der Waals surface area contributed by atoms with Crippen molar-refractivity contribution in [2.24, 2.45) is 0 Å². The van der Waals surface area contributed by atoms with Crippen LogP contribution in [0.25, 0.3) is 5.70 Å². The van der Waals surface area contributed by atoms with Crippen LogP contribution in [0.3, 0.4) is 0 Å². The molecule has 1 aromatic heterocycles. The van der Waals surface area contributed by atoms with E-state index in [1.165, 1.54) is 40.3 Å². The van der Waals surface area contributed by atoms with Gasteiger partial charge in [-0.15, -0.1) is 11.3 Å². The molecule has 0 bridgehead atoms. The lowest BCUT2D eigenvalue weighted by Gasteiger charge is -2.13. The first kappa shape index (κ1) is 10.4. The molecule has 1 aliphatic carbocycles. The maximum atomic E-state index is 3.53. The smallest absolute Gasteiger partial charge is 0.0582 e. The second-order valence-electron chi connectivity index (χ2n) is 4.87. The summed E-state index contributed by atoms with van der Waals surface area (Å²) < 4.78 is 0. The molecule has 16 heavy (non-hydrogen) atoms. The standard InChI is InChI=1S/C13H18N2S/c1-8-11-6-4-5-10-7-15(3)14-13(10)12(11)9(2)16-8/h14H,4-7H2,1-3H3. The molecular weight excluding hydrogens is 216 g/mol. The van der Waals surface area contributed by atoms with Gasteiger partial charge in [-0.05, 0) is 44.2 Å². The summed E-state index contributed by atoms with van der Waals surface area (Å²) >= 11 is 1.95. The Bertz CT molecular complexity index is 471. The van der Waals surface area contributed by atoms with Crippen molar-refractivity contribution in [3.8, 4) is 0 Å². The van der Waals surface area contributed by atoms with E-state index < -0.39 is 0 Å². The van der Waals surface area contributed by atoms with E-state index >= 15 is 0 Å². The van der Waals surface area contributed by atoms with Gasteiger partial charge in [-0.2, -0.15) is 0 Å². The molecule has 0 unspecified atom stereocenters. The number of aryl methyl sites for hydroxylation is 2. The van der Waals surface area contributed by atoms with E-state index in [2.05, 4.69) is 31.3 Å². The van der Waals surface area contributed by atoms with Crippen LogP contribution in [0.2, 0.25) is 0 Å². The Morgan fingerprint density at radius 1 is 1.19 bits per heavy atom. The lowest BCUT2D eigenvalue weighted by molar-refractivity contribution is 0.332. The van der Waals surface area contributed by atoms with E-state index in [4.69, 9.17) is 0 Å². The number of likely N-dealkylation sites (N-methyl/N-ethyl adjacent to an activating group) is 1. The molecule has 3 rings (SSSR count). The molecule has 2 aliphatic rings. The van der Waals surface area contributed by atoms with E-state index in [1.807, 2.05) is 11.3 Å². The fourth-order valence-corrected chi connectivity index (χ4v) is 4.06. The van der Waals surface area contributed by atoms with Crippen molar-refractivity contribution >= 4 is 17.0 Å². The maximum absolute atomic E-state index is 3.53. The Hall–Kier alpha value is -0.800. The van der Waals surface area contributed by atoms with Crippen molar-refractivity contribution in [3.63, 3.8) is 0 Å². The van der Waals surface area contributed by atoms with E-state index in [0.29, 0.717) is 0 Å². The first-order valence-corrected chi connectivity index (χ1v) is 6.77. The second kappa shape index (κ2) is 3.60. The number of hydrazine groups is 1. The molecule has 0 radical (unpaired) electrons. The zero-order valence-electron chi connectivity index (χ0n) is 10.2. The predicted molar refractivity (Wildman–Crippen MR) is 69.4 cm³/mol. The van der Waals surface area contributed by atoms with Crippen LogP contribution in [-0.4, -0.2) is 18.6 Å². The van der Waals surface area contributed by atoms with Gasteiger partial charge in [0.25, 0.3) is 0 Å². The minimum Gasteiger partial charge on any atom is -0.318 e. The van der Waals surface area contributed by atoms with Crippen molar-refractivity contribution in [1.29, 1.82) is 0 Å². The molecule has 0 spiro atoms. The quantitative estimate of drug-likeness (QED) is 0.742. The minimum atomic E-state index is 1.09. The van der Waals surface area contributed by atoms with Gasteiger partial charge in [0, 0.05) is 28.9 Å². The zero-order chi connectivity index (χ0) is 11.3. The fourth-order valence-electron chi connectivity index (χ4n) is 2.95. The van der Waals surface area contributed by atoms with Crippen molar-refractivity contribution < 1.29 is 0 Å². The molecule has 3 heteroatoms. The van der Waals surface area contributed by atoms with E-state index in [9.17, 15) is 0 Å². The number of hydrogen-bond donors (Lipinski definition) is 1. The summed E-state index contributed by atoms with van der Waals surface area (Å²) in [6.45, 7) is 5.61. The van der Waals surface area contributed by atoms with Crippen LogP contribution in [0.15, 0.2) is 5.57 Å². The Labute approximate surface area is 101 Å². The van der Waals surface area contributed by atoms with Crippen molar-refractivity contribution in [2.75, 3.05) is 13.6 Å². The summed E-state index contributed by atoms with van der Waals surface area (Å²) in [6, 6.07) is 0. The molecule has 1 N–H and O–H groups in total. The molecule has 1 aromatic rings. The number of nitrogens with zero attached hydrogens (tertiary/aromatic N) is 1. The molecule has 0 fully saturated rings. The third-order valence-electron chi connectivity index (χ3n) is 3.62. The first-order valence-electron chi connectivity index (χ1n) is 5.96. The third-order valence-corrected chi connectivity index (χ3v) is 4.69. The van der Waals surface area contributed by atoms with Crippen LogP contribution >= 0.6 is 11.3 Å². The second-order valence-corrected chi connectivity index (χ2v) is 6.30. The summed E-state index contributed by atoms with van der Waals surface area (Å²) in [4.78, 5) is 2.99. The minimum absolute atomic E-state index is 1.09. The Morgan fingerprint density at radius 3 is 2.81 bits per heavy atom. The van der Waals surface area contributed by atoms with Gasteiger partial charge in [0.1, 0.15) is 0 Å². The summed E-state index contributed by atoms with van der Waals surface area (Å²) in [5.41, 5.74) is 9.64. The van der Waals surface area contributed by atoms with Gasteiger partial charge < -0.3 is 5.43 Å². The highest BCUT2D eigenvalue weighted by Crippen LogP contribution is 2.39. The Morgan fingerprint density at radius 2 is 2.00 bits per heavy atom. The Kier molecular flexibility index (Phi) is 2.33. The van der Waals surface area contributed by atoms with Crippen LogP contribution < -0.4 is 5.43 Å². The van der Waals surface area contributed by atoms with Gasteiger partial charge in [0.05, 0.1) is 5.70 Å². The van der Waals surface area contributed by atoms with Gasteiger partial charge in [0.2, 0.25) is 0 Å². The van der Waals surface area contributed by atoms with Crippen molar-refractivity contribution in [1.82, 2.24) is 10.4 Å². The molecule has 2 heterocycles. The molecule has 0 saturated carbocycles. The van der Waals surface area contributed by atoms with Crippen molar-refractivity contribution in [3.05, 3.63) is 26.5 Å². The molecule has 0 amide bonds. The monoisotopic (exact) mass is 234 g/mol. The summed E-state index contributed by atoms with van der Waals surface area (Å²) in [5.74, 6) is 0. The fraction of sp³-hybridized carbons (Fsp3) is 0.538. The molecule has 0 atom stereocenters. The van der Waals surface area contributed by atoms with Crippen LogP contribution in [0, 0.1) is 13.8 Å². The van der Waals surface area contributed by atoms with Gasteiger partial charge >= 0.3 is 0 Å². The van der Waals surface area contributed by atoms with E-state index in [0.717, 1.165) is 6.54 Å². The summed E-state index contributed by atoms with van der Waals surface area (Å²) in [6.07, 6.45) is 3.81. The lowest BCUT2D eigenvalue weighted by atomic mass is 10.0. The van der Waals surface area contributed by atoms with Crippen LogP contribution in [-0.2, 0) is 6.42 Å². The highest BCUT2D eigenvalue weighted by molar-refractivity contribution is 7.12. The number of hydrogen-bond acceptors (Lipinski definition) is 3. The molecule has 1 aliphatic heterocycles. The maximum Gasteiger partial charge on any atom is 0.0582 e. The zero-order valence-corrected chi connectivity index (χ0v) is 11.0. The highest BCUT2D eigenvalue weighted by atomic mass is 32.1. The van der Waals surface area contributed by atoms with Gasteiger partial charge in [0.15, 0.2) is 0 Å². The van der Waals surface area contributed by atoms with Crippen LogP contribution in [0.1, 0.15) is 33.7 Å². The average molecular weight is 234 g/mol. The van der Waals surface area contributed by atoms with Crippen LogP contribution in [0.5, 0.6) is 0 Å². The first-order chi connectivity index (χ1) is 7.66. The highest BCUT2D eigenvalue weighted by Gasteiger charge is 2.27. The average Bonchev–Trinajstić information content (AvgIpc) is 2.63. The molecule has 0 saturated heterocycles. The number of fused-ring (bicyclic) bond motifs is 2. The Balaban J connectivity index is 2.17. The van der Waals surface area contributed by atoms with Gasteiger partial charge in [-0.25, -0.2) is 5.01 Å². The molecule has 2 nitrogen and oxygen atoms in total. The largest absolute Gasteiger partial charge is 0.318 e. The SMILES string of the molecule is Cc1sc(C)c2c1CCCC1=C2NN(C)C1. The lowest BCUT2D eigenvalue weighted by Crippen LogP contribution is -2.27.